The highest BCUT2D eigenvalue weighted by molar-refractivity contribution is 7.02. The van der Waals surface area contributed by atoms with Crippen LogP contribution >= 0.6 is 0 Å². The van der Waals surface area contributed by atoms with Crippen LogP contribution in [0.15, 0.2) is 261 Å². The number of hydrogen-bond donors (Lipinski definition) is 0. The third-order valence-electron chi connectivity index (χ3n) is 15.6. The lowest BCUT2D eigenvalue weighted by molar-refractivity contribution is 0.465. The van der Waals surface area contributed by atoms with Gasteiger partial charge in [0, 0.05) is 69.3 Å². The van der Waals surface area contributed by atoms with Crippen molar-refractivity contribution in [2.45, 2.75) is 0 Å². The first-order valence-corrected chi connectivity index (χ1v) is 25.9. The van der Waals surface area contributed by atoms with E-state index in [1.54, 1.807) is 0 Å². The fraction of sp³-hybridized carbons (Fsp3) is 0. The minimum Gasteiger partial charge on any atom is -0.458 e. The molecule has 0 fully saturated rings. The molecule has 0 N–H and O–H groups in total. The molecule has 4 aliphatic rings. The molecule has 0 saturated heterocycles. The molecular formula is C67H43B2N5O2. The summed E-state index contributed by atoms with van der Waals surface area (Å²) >= 11 is 0. The Hall–Kier alpha value is -9.98. The number of benzene rings is 11. The molecule has 0 aliphatic carbocycles. The first-order chi connectivity index (χ1) is 37.7. The maximum atomic E-state index is 7.45. The number of fused-ring (bicyclic) bond motifs is 8. The number of ether oxygens (including phenoxy) is 2. The van der Waals surface area contributed by atoms with Crippen LogP contribution in [-0.2, 0) is 0 Å². The number of imidazole rings is 1. The Labute approximate surface area is 440 Å². The van der Waals surface area contributed by atoms with Gasteiger partial charge in [0.05, 0.1) is 22.4 Å². The first-order valence-electron chi connectivity index (χ1n) is 25.9. The molecular weight excluding hydrogens is 928 g/mol. The topological polar surface area (TPSA) is 46.0 Å². The minimum atomic E-state index is -0.181. The highest BCUT2D eigenvalue weighted by atomic mass is 16.5. The van der Waals surface area contributed by atoms with Crippen LogP contribution in [0.5, 0.6) is 23.0 Å². The zero-order valence-electron chi connectivity index (χ0n) is 41.0. The molecule has 1 aromatic heterocycles. The Morgan fingerprint density at radius 2 is 0.803 bits per heavy atom. The van der Waals surface area contributed by atoms with Gasteiger partial charge >= 0.3 is 0 Å². The fourth-order valence-electron chi connectivity index (χ4n) is 12.5. The summed E-state index contributed by atoms with van der Waals surface area (Å²) in [7, 11) is 0. The van der Waals surface area contributed by atoms with Crippen molar-refractivity contribution in [2.75, 3.05) is 14.7 Å². The van der Waals surface area contributed by atoms with Crippen LogP contribution in [-0.4, -0.2) is 23.0 Å². The first kappa shape index (κ1) is 42.5. The number of nitrogens with zero attached hydrogens (tertiary/aromatic N) is 5. The molecule has 354 valence electrons. The predicted molar refractivity (Wildman–Crippen MR) is 313 cm³/mol. The van der Waals surface area contributed by atoms with Gasteiger partial charge in [-0.05, 0) is 118 Å². The lowest BCUT2D eigenvalue weighted by atomic mass is 9.31. The highest BCUT2D eigenvalue weighted by Gasteiger charge is 2.47. The summed E-state index contributed by atoms with van der Waals surface area (Å²) in [5, 5.41) is 0. The third-order valence-corrected chi connectivity index (χ3v) is 15.6. The summed E-state index contributed by atoms with van der Waals surface area (Å²) < 4.78 is 17.3. The normalized spacial score (nSPS) is 12.9. The number of para-hydroxylation sites is 7. The molecule has 0 saturated carbocycles. The Kier molecular flexibility index (Phi) is 9.39. The summed E-state index contributed by atoms with van der Waals surface area (Å²) in [4.78, 5) is 12.5. The van der Waals surface area contributed by atoms with Crippen molar-refractivity contribution in [1.29, 1.82) is 0 Å². The Morgan fingerprint density at radius 3 is 1.37 bits per heavy atom. The van der Waals surface area contributed by atoms with Crippen LogP contribution in [0, 0.1) is 0 Å². The van der Waals surface area contributed by atoms with Gasteiger partial charge in [0.2, 0.25) is 0 Å². The van der Waals surface area contributed by atoms with Crippen molar-refractivity contribution in [3.05, 3.63) is 261 Å². The van der Waals surface area contributed by atoms with Crippen molar-refractivity contribution in [3.8, 4) is 40.1 Å². The second-order valence-corrected chi connectivity index (χ2v) is 19.8. The molecule has 5 heterocycles. The molecule has 0 unspecified atom stereocenters. The van der Waals surface area contributed by atoms with Crippen molar-refractivity contribution in [3.63, 3.8) is 0 Å². The van der Waals surface area contributed by atoms with E-state index in [0.717, 1.165) is 124 Å². The van der Waals surface area contributed by atoms with E-state index in [1.165, 1.54) is 10.9 Å². The Balaban J connectivity index is 0.946. The molecule has 12 aromatic rings. The smallest absolute Gasteiger partial charge is 0.256 e. The molecule has 0 atom stereocenters. The number of hydrogen-bond acceptors (Lipinski definition) is 6. The van der Waals surface area contributed by atoms with Gasteiger partial charge in [0.1, 0.15) is 28.8 Å². The van der Waals surface area contributed by atoms with Crippen molar-refractivity contribution >= 4 is 108 Å². The van der Waals surface area contributed by atoms with E-state index < -0.39 is 0 Å². The zero-order chi connectivity index (χ0) is 49.8. The van der Waals surface area contributed by atoms with Crippen LogP contribution in [0.1, 0.15) is 0 Å². The molecule has 0 amide bonds. The average Bonchev–Trinajstić information content (AvgIpc) is 4.05. The van der Waals surface area contributed by atoms with Gasteiger partial charge in [-0.1, -0.05) is 158 Å². The monoisotopic (exact) mass is 971 g/mol. The standard InChI is InChI=1S/C67H43B2N5O2/c1-7-22-44(23-8-1)67-70-56-36-21-35-53-66(56)74(67)59-39-51(72(47-28-13-4-14-29-47)48-30-15-5-16-31-48)41-63-65(59)69(53)55-42-54-60(43-61(55)76-63)75-62-40-50(71(45-24-9-2-10-25-45)46-26-11-3-12-27-46)38-58-64(62)68(54)52-34-19-20-37-57(52)73(58)49-32-17-6-18-33-49/h1-43H. The molecule has 11 aromatic carbocycles. The molecule has 76 heavy (non-hydrogen) atoms. The van der Waals surface area contributed by atoms with Crippen LogP contribution in [0.2, 0.25) is 0 Å². The van der Waals surface area contributed by atoms with E-state index >= 15 is 0 Å². The third kappa shape index (κ3) is 6.42. The molecule has 0 radical (unpaired) electrons. The summed E-state index contributed by atoms with van der Waals surface area (Å²) in [5.74, 6) is 4.03. The molecule has 9 heteroatoms. The second-order valence-electron chi connectivity index (χ2n) is 19.8. The summed E-state index contributed by atoms with van der Waals surface area (Å²) in [5.41, 5.74) is 20.4. The summed E-state index contributed by atoms with van der Waals surface area (Å²) in [6.45, 7) is -0.339. The molecule has 7 nitrogen and oxygen atoms in total. The van der Waals surface area contributed by atoms with Gasteiger partial charge in [0.15, 0.2) is 0 Å². The number of aromatic nitrogens is 2. The lowest BCUT2D eigenvalue weighted by Crippen LogP contribution is -2.63. The maximum absolute atomic E-state index is 7.45. The van der Waals surface area contributed by atoms with Crippen LogP contribution in [0.3, 0.4) is 0 Å². The molecule has 0 bridgehead atoms. The van der Waals surface area contributed by atoms with Crippen molar-refractivity contribution in [1.82, 2.24) is 9.55 Å². The maximum Gasteiger partial charge on any atom is 0.256 e. The summed E-state index contributed by atoms with van der Waals surface area (Å²) in [6.07, 6.45) is 0. The SMILES string of the molecule is c1ccc(-c2nc3cccc4c3n2-c2cc(N(c3ccccc3)c3ccccc3)cc3c2B4c2cc4c(cc2O3)Oc2cc(N(c3ccccc3)c3ccccc3)cc3c2B4c2ccccc2N3c2ccccc2)cc1. The van der Waals surface area contributed by atoms with Crippen molar-refractivity contribution in [2.24, 2.45) is 0 Å². The molecule has 16 rings (SSSR count). The van der Waals surface area contributed by atoms with Gasteiger partial charge < -0.3 is 24.2 Å². The highest BCUT2D eigenvalue weighted by Crippen LogP contribution is 2.48. The predicted octanol–water partition coefficient (Wildman–Crippen LogP) is 13.0. The molecule has 0 spiro atoms. The zero-order valence-corrected chi connectivity index (χ0v) is 41.0. The fourth-order valence-corrected chi connectivity index (χ4v) is 12.5. The largest absolute Gasteiger partial charge is 0.458 e. The van der Waals surface area contributed by atoms with E-state index in [4.69, 9.17) is 14.5 Å². The minimum absolute atomic E-state index is 0.158. The Bertz CT molecular complexity index is 4180. The van der Waals surface area contributed by atoms with Gasteiger partial charge in [-0.3, -0.25) is 4.57 Å². The van der Waals surface area contributed by atoms with E-state index in [2.05, 4.69) is 280 Å². The lowest BCUT2D eigenvalue weighted by Gasteiger charge is -2.41. The molecule has 4 aliphatic heterocycles. The number of rotatable bonds is 8. The number of anilines is 9. The van der Waals surface area contributed by atoms with Gasteiger partial charge in [-0.2, -0.15) is 0 Å². The van der Waals surface area contributed by atoms with Gasteiger partial charge in [0.25, 0.3) is 13.4 Å². The van der Waals surface area contributed by atoms with E-state index in [-0.39, 0.29) is 13.4 Å². The van der Waals surface area contributed by atoms with Gasteiger partial charge in [-0.15, -0.1) is 0 Å². The summed E-state index contributed by atoms with van der Waals surface area (Å²) in [6, 6.07) is 92.8. The van der Waals surface area contributed by atoms with E-state index in [0.29, 0.717) is 0 Å². The Morgan fingerprint density at radius 1 is 0.342 bits per heavy atom. The average molecular weight is 972 g/mol. The second kappa shape index (κ2) is 16.8. The quantitative estimate of drug-likeness (QED) is 0.141. The van der Waals surface area contributed by atoms with Gasteiger partial charge in [-0.25, -0.2) is 4.98 Å². The van der Waals surface area contributed by atoms with Crippen LogP contribution in [0.25, 0.3) is 28.1 Å². The van der Waals surface area contributed by atoms with E-state index in [1.807, 2.05) is 0 Å². The van der Waals surface area contributed by atoms with Crippen LogP contribution in [0.4, 0.5) is 51.2 Å². The van der Waals surface area contributed by atoms with E-state index in [9.17, 15) is 0 Å². The van der Waals surface area contributed by atoms with Crippen molar-refractivity contribution < 1.29 is 9.47 Å². The van der Waals surface area contributed by atoms with Crippen LogP contribution < -0.4 is 57.0 Å².